The van der Waals surface area contributed by atoms with E-state index in [0.717, 1.165) is 17.0 Å². The van der Waals surface area contributed by atoms with Crippen molar-refractivity contribution in [1.82, 2.24) is 14.6 Å². The van der Waals surface area contributed by atoms with Crippen molar-refractivity contribution in [2.45, 2.75) is 13.3 Å². The molecule has 1 heterocycles. The Morgan fingerprint density at radius 3 is 2.72 bits per heavy atom. The van der Waals surface area contributed by atoms with Crippen LogP contribution in [0.3, 0.4) is 0 Å². The number of amides is 1. The highest BCUT2D eigenvalue weighted by molar-refractivity contribution is 7.88. The lowest BCUT2D eigenvalue weighted by Crippen LogP contribution is -2.36. The van der Waals surface area contributed by atoms with Gasteiger partial charge < -0.3 is 5.32 Å². The minimum absolute atomic E-state index is 0.151. The molecule has 1 aromatic rings. The molecule has 0 aliphatic heterocycles. The van der Waals surface area contributed by atoms with Crippen molar-refractivity contribution in [3.63, 3.8) is 0 Å². The van der Waals surface area contributed by atoms with E-state index in [-0.39, 0.29) is 18.9 Å². The van der Waals surface area contributed by atoms with Crippen molar-refractivity contribution in [1.29, 1.82) is 0 Å². The normalized spacial score (nSPS) is 11.8. The van der Waals surface area contributed by atoms with Gasteiger partial charge in [0.15, 0.2) is 0 Å². The van der Waals surface area contributed by atoms with Crippen molar-refractivity contribution >= 4 is 27.3 Å². The Morgan fingerprint density at radius 1 is 1.56 bits per heavy atom. The van der Waals surface area contributed by atoms with Gasteiger partial charge in [-0.15, -0.1) is 11.3 Å². The first-order valence-corrected chi connectivity index (χ1v) is 8.11. The fourth-order valence-corrected chi connectivity index (χ4v) is 2.27. The third kappa shape index (κ3) is 5.11. The maximum Gasteiger partial charge on any atom is 0.226 e. The van der Waals surface area contributed by atoms with Gasteiger partial charge in [-0.2, -0.15) is 0 Å². The van der Waals surface area contributed by atoms with E-state index in [1.807, 2.05) is 12.3 Å². The highest BCUT2D eigenvalue weighted by Crippen LogP contribution is 2.08. The average molecular weight is 291 g/mol. The van der Waals surface area contributed by atoms with Gasteiger partial charge in [-0.1, -0.05) is 0 Å². The number of carbonyl (C=O) groups is 1. The molecule has 8 heteroatoms. The van der Waals surface area contributed by atoms with Crippen LogP contribution in [0, 0.1) is 6.92 Å². The van der Waals surface area contributed by atoms with Gasteiger partial charge in [0.05, 0.1) is 23.4 Å². The van der Waals surface area contributed by atoms with Crippen molar-refractivity contribution in [3.05, 3.63) is 16.1 Å². The van der Waals surface area contributed by atoms with Crippen LogP contribution in [0.4, 0.5) is 0 Å². The molecule has 0 radical (unpaired) electrons. The van der Waals surface area contributed by atoms with Gasteiger partial charge in [0.2, 0.25) is 15.9 Å². The SMILES string of the molecule is Cc1nc(CC(=O)NCCN(C)S(C)(=O)=O)cs1. The van der Waals surface area contributed by atoms with E-state index in [9.17, 15) is 13.2 Å². The molecule has 0 saturated heterocycles. The molecule has 0 aliphatic carbocycles. The second kappa shape index (κ2) is 6.26. The van der Waals surface area contributed by atoms with Crippen LogP contribution in [0.1, 0.15) is 10.7 Å². The maximum atomic E-state index is 11.5. The summed E-state index contributed by atoms with van der Waals surface area (Å²) in [5, 5.41) is 5.43. The molecule has 0 unspecified atom stereocenters. The molecule has 1 aromatic heterocycles. The molecule has 0 fully saturated rings. The van der Waals surface area contributed by atoms with Gasteiger partial charge in [0.1, 0.15) is 0 Å². The van der Waals surface area contributed by atoms with E-state index >= 15 is 0 Å². The smallest absolute Gasteiger partial charge is 0.226 e. The van der Waals surface area contributed by atoms with Crippen molar-refractivity contribution < 1.29 is 13.2 Å². The molecular formula is C10H17N3O3S2. The number of thiazole rings is 1. The quantitative estimate of drug-likeness (QED) is 0.800. The van der Waals surface area contributed by atoms with Gasteiger partial charge in [0.25, 0.3) is 0 Å². The van der Waals surface area contributed by atoms with E-state index < -0.39 is 10.0 Å². The number of hydrogen-bond donors (Lipinski definition) is 1. The maximum absolute atomic E-state index is 11.5. The molecule has 1 rings (SSSR count). The number of hydrogen-bond acceptors (Lipinski definition) is 5. The summed E-state index contributed by atoms with van der Waals surface area (Å²) < 4.78 is 23.4. The monoisotopic (exact) mass is 291 g/mol. The molecule has 1 amide bonds. The topological polar surface area (TPSA) is 79.4 Å². The summed E-state index contributed by atoms with van der Waals surface area (Å²) >= 11 is 1.50. The fraction of sp³-hybridized carbons (Fsp3) is 0.600. The van der Waals surface area contributed by atoms with Gasteiger partial charge in [-0.25, -0.2) is 17.7 Å². The van der Waals surface area contributed by atoms with Gasteiger partial charge in [-0.05, 0) is 6.92 Å². The van der Waals surface area contributed by atoms with E-state index in [2.05, 4.69) is 10.3 Å². The van der Waals surface area contributed by atoms with Crippen LogP contribution in [0.2, 0.25) is 0 Å². The summed E-state index contributed by atoms with van der Waals surface area (Å²) in [7, 11) is -1.71. The van der Waals surface area contributed by atoms with Crippen LogP contribution in [0.25, 0.3) is 0 Å². The highest BCUT2D eigenvalue weighted by atomic mass is 32.2. The molecule has 0 bridgehead atoms. The molecule has 0 aliphatic rings. The van der Waals surface area contributed by atoms with E-state index in [1.165, 1.54) is 22.7 Å². The summed E-state index contributed by atoms with van der Waals surface area (Å²) in [6.07, 6.45) is 1.36. The zero-order valence-corrected chi connectivity index (χ0v) is 12.3. The predicted octanol–water partition coefficient (Wildman–Crippen LogP) is 0.00162. The van der Waals surface area contributed by atoms with E-state index in [0.29, 0.717) is 6.54 Å². The largest absolute Gasteiger partial charge is 0.354 e. The molecule has 0 aromatic carbocycles. The van der Waals surface area contributed by atoms with Crippen molar-refractivity contribution in [2.75, 3.05) is 26.4 Å². The van der Waals surface area contributed by atoms with Crippen LogP contribution in [-0.4, -0.2) is 50.0 Å². The van der Waals surface area contributed by atoms with Crippen LogP contribution in [0.5, 0.6) is 0 Å². The third-order valence-electron chi connectivity index (χ3n) is 2.32. The van der Waals surface area contributed by atoms with Crippen LogP contribution in [-0.2, 0) is 21.2 Å². The Labute approximate surface area is 111 Å². The molecule has 18 heavy (non-hydrogen) atoms. The third-order valence-corrected chi connectivity index (χ3v) is 4.46. The van der Waals surface area contributed by atoms with Crippen LogP contribution < -0.4 is 5.32 Å². The molecule has 0 atom stereocenters. The minimum atomic E-state index is -3.18. The molecular weight excluding hydrogens is 274 g/mol. The summed E-state index contributed by atoms with van der Waals surface area (Å²) in [6, 6.07) is 0. The zero-order valence-electron chi connectivity index (χ0n) is 10.6. The minimum Gasteiger partial charge on any atom is -0.354 e. The Bertz CT molecular complexity index is 510. The Kier molecular flexibility index (Phi) is 5.24. The first kappa shape index (κ1) is 15.1. The van der Waals surface area contributed by atoms with E-state index in [1.54, 1.807) is 0 Å². The first-order chi connectivity index (χ1) is 8.29. The molecule has 1 N–H and O–H groups in total. The number of carbonyl (C=O) groups excluding carboxylic acids is 1. The van der Waals surface area contributed by atoms with Crippen molar-refractivity contribution in [3.8, 4) is 0 Å². The zero-order chi connectivity index (χ0) is 13.8. The van der Waals surface area contributed by atoms with Gasteiger partial charge in [0, 0.05) is 25.5 Å². The Balaban J connectivity index is 2.30. The van der Waals surface area contributed by atoms with Crippen molar-refractivity contribution in [2.24, 2.45) is 0 Å². The molecule has 0 saturated carbocycles. The second-order valence-corrected chi connectivity index (χ2v) is 7.12. The molecule has 0 spiro atoms. The average Bonchev–Trinajstić information content (AvgIpc) is 2.62. The lowest BCUT2D eigenvalue weighted by atomic mass is 10.3. The standard InChI is InChI=1S/C10H17N3O3S2/c1-8-12-9(7-17-8)6-10(14)11-4-5-13(2)18(3,15)16/h7H,4-6H2,1-3H3,(H,11,14). The number of aromatic nitrogens is 1. The van der Waals surface area contributed by atoms with Crippen LogP contribution >= 0.6 is 11.3 Å². The number of sulfonamides is 1. The van der Waals surface area contributed by atoms with Gasteiger partial charge in [-0.3, -0.25) is 4.79 Å². The summed E-state index contributed by atoms with van der Waals surface area (Å²) in [5.41, 5.74) is 0.742. The summed E-state index contributed by atoms with van der Waals surface area (Å²) in [4.78, 5) is 15.7. The number of likely N-dealkylation sites (N-methyl/N-ethyl adjacent to an activating group) is 1. The number of nitrogens with zero attached hydrogens (tertiary/aromatic N) is 2. The van der Waals surface area contributed by atoms with E-state index in [4.69, 9.17) is 0 Å². The lowest BCUT2D eigenvalue weighted by molar-refractivity contribution is -0.120. The second-order valence-electron chi connectivity index (χ2n) is 3.97. The number of aryl methyl sites for hydroxylation is 1. The summed E-state index contributed by atoms with van der Waals surface area (Å²) in [5.74, 6) is -0.151. The lowest BCUT2D eigenvalue weighted by Gasteiger charge is -2.13. The van der Waals surface area contributed by atoms with Crippen LogP contribution in [0.15, 0.2) is 5.38 Å². The highest BCUT2D eigenvalue weighted by Gasteiger charge is 2.11. The molecule has 6 nitrogen and oxygen atoms in total. The number of rotatable bonds is 6. The van der Waals surface area contributed by atoms with Gasteiger partial charge >= 0.3 is 0 Å². The number of nitrogens with one attached hydrogen (secondary N) is 1. The summed E-state index contributed by atoms with van der Waals surface area (Å²) in [6.45, 7) is 2.44. The fourth-order valence-electron chi connectivity index (χ4n) is 1.24. The predicted molar refractivity (Wildman–Crippen MR) is 71.0 cm³/mol. The Hall–Kier alpha value is -0.990. The Morgan fingerprint density at radius 2 is 2.22 bits per heavy atom. The first-order valence-electron chi connectivity index (χ1n) is 5.38. The molecule has 102 valence electrons.